The van der Waals surface area contributed by atoms with Crippen LogP contribution >= 0.6 is 0 Å². The van der Waals surface area contributed by atoms with Crippen molar-refractivity contribution < 1.29 is 9.84 Å². The standard InChI is InChI=1S/C17H20O.C6H6O/c1-3-9-16(10-4-1)11-7-8-14-18-15-17-12-5-2-6-13-17;7-6-4-2-1-3-5-6/h1-6,9-10,12-13H,7-8,11,14-15H2;1-5,7H. The fraction of sp³-hybridized carbons (Fsp3) is 0.217. The van der Waals surface area contributed by atoms with Crippen LogP contribution in [0.1, 0.15) is 24.0 Å². The Morgan fingerprint density at radius 1 is 0.600 bits per heavy atom. The van der Waals surface area contributed by atoms with E-state index >= 15 is 0 Å². The Bertz CT molecular complexity index is 623. The molecule has 0 fully saturated rings. The summed E-state index contributed by atoms with van der Waals surface area (Å²) in [6.45, 7) is 1.58. The third-order valence-electron chi connectivity index (χ3n) is 3.71. The summed E-state index contributed by atoms with van der Waals surface area (Å²) in [7, 11) is 0. The molecule has 0 saturated carbocycles. The lowest BCUT2D eigenvalue weighted by molar-refractivity contribution is 0.117. The molecular formula is C23H26O2. The first-order valence-corrected chi connectivity index (χ1v) is 8.74. The molecule has 0 aliphatic rings. The molecule has 2 heteroatoms. The third kappa shape index (κ3) is 8.73. The number of ether oxygens (including phenoxy) is 1. The zero-order valence-electron chi connectivity index (χ0n) is 14.6. The fourth-order valence-corrected chi connectivity index (χ4v) is 2.37. The van der Waals surface area contributed by atoms with E-state index in [1.165, 1.54) is 17.5 Å². The predicted molar refractivity (Wildman–Crippen MR) is 104 cm³/mol. The molecule has 0 aliphatic carbocycles. The molecule has 0 unspecified atom stereocenters. The number of benzene rings is 3. The Hall–Kier alpha value is -2.58. The van der Waals surface area contributed by atoms with Gasteiger partial charge in [-0.1, -0.05) is 78.9 Å². The molecule has 0 aliphatic heterocycles. The van der Waals surface area contributed by atoms with E-state index in [4.69, 9.17) is 9.84 Å². The van der Waals surface area contributed by atoms with Crippen molar-refractivity contribution in [3.63, 3.8) is 0 Å². The molecule has 0 amide bonds. The van der Waals surface area contributed by atoms with Crippen molar-refractivity contribution in [2.45, 2.75) is 25.9 Å². The van der Waals surface area contributed by atoms with Crippen LogP contribution in [0.25, 0.3) is 0 Å². The highest BCUT2D eigenvalue weighted by Gasteiger charge is 1.94. The molecule has 130 valence electrons. The number of aromatic hydroxyl groups is 1. The summed E-state index contributed by atoms with van der Waals surface area (Å²) in [5, 5.41) is 8.63. The van der Waals surface area contributed by atoms with E-state index in [-0.39, 0.29) is 0 Å². The van der Waals surface area contributed by atoms with Crippen LogP contribution < -0.4 is 0 Å². The molecule has 25 heavy (non-hydrogen) atoms. The van der Waals surface area contributed by atoms with E-state index in [2.05, 4.69) is 42.5 Å². The SMILES string of the molecule is Oc1ccccc1.c1ccc(CCCCOCc2ccccc2)cc1. The minimum absolute atomic E-state index is 0.322. The topological polar surface area (TPSA) is 29.5 Å². The van der Waals surface area contributed by atoms with Crippen LogP contribution in [0, 0.1) is 0 Å². The third-order valence-corrected chi connectivity index (χ3v) is 3.71. The number of aryl methyl sites for hydroxylation is 1. The molecule has 0 aromatic heterocycles. The highest BCUT2D eigenvalue weighted by molar-refractivity contribution is 5.18. The summed E-state index contributed by atoms with van der Waals surface area (Å²) < 4.78 is 5.66. The number of unbranched alkanes of at least 4 members (excludes halogenated alkanes) is 1. The second-order valence-electron chi connectivity index (χ2n) is 5.82. The lowest BCUT2D eigenvalue weighted by Gasteiger charge is -2.04. The van der Waals surface area contributed by atoms with Gasteiger partial charge in [-0.15, -0.1) is 0 Å². The summed E-state index contributed by atoms with van der Waals surface area (Å²) in [6, 6.07) is 29.7. The van der Waals surface area contributed by atoms with Crippen molar-refractivity contribution in [2.24, 2.45) is 0 Å². The van der Waals surface area contributed by atoms with E-state index in [9.17, 15) is 0 Å². The molecule has 0 heterocycles. The van der Waals surface area contributed by atoms with Crippen LogP contribution in [0.2, 0.25) is 0 Å². The average molecular weight is 334 g/mol. The monoisotopic (exact) mass is 334 g/mol. The van der Waals surface area contributed by atoms with Crippen LogP contribution in [-0.2, 0) is 17.8 Å². The van der Waals surface area contributed by atoms with Crippen LogP contribution in [-0.4, -0.2) is 11.7 Å². The number of para-hydroxylation sites is 1. The molecule has 0 spiro atoms. The van der Waals surface area contributed by atoms with Crippen molar-refractivity contribution in [3.8, 4) is 5.75 Å². The van der Waals surface area contributed by atoms with Crippen molar-refractivity contribution in [2.75, 3.05) is 6.61 Å². The van der Waals surface area contributed by atoms with E-state index in [0.717, 1.165) is 26.1 Å². The zero-order valence-corrected chi connectivity index (χ0v) is 14.6. The van der Waals surface area contributed by atoms with E-state index in [1.54, 1.807) is 24.3 Å². The molecule has 0 radical (unpaired) electrons. The fourth-order valence-electron chi connectivity index (χ4n) is 2.37. The summed E-state index contributed by atoms with van der Waals surface area (Å²) in [5.41, 5.74) is 2.67. The molecule has 1 N–H and O–H groups in total. The normalized spacial score (nSPS) is 9.92. The van der Waals surface area contributed by atoms with Crippen molar-refractivity contribution in [1.29, 1.82) is 0 Å². The Balaban J connectivity index is 0.000000269. The van der Waals surface area contributed by atoms with Gasteiger partial charge in [0.25, 0.3) is 0 Å². The first-order valence-electron chi connectivity index (χ1n) is 8.74. The maximum Gasteiger partial charge on any atom is 0.115 e. The number of phenols is 1. The van der Waals surface area contributed by atoms with Gasteiger partial charge in [0.1, 0.15) is 5.75 Å². The van der Waals surface area contributed by atoms with Crippen LogP contribution in [0.15, 0.2) is 91.0 Å². The van der Waals surface area contributed by atoms with E-state index in [0.29, 0.717) is 5.75 Å². The maximum absolute atomic E-state index is 8.63. The lowest BCUT2D eigenvalue weighted by Crippen LogP contribution is -1.96. The molecule has 3 rings (SSSR count). The molecule has 3 aromatic carbocycles. The first kappa shape index (κ1) is 18.8. The number of rotatable bonds is 7. The molecule has 0 atom stereocenters. The molecule has 0 saturated heterocycles. The Kier molecular flexibility index (Phi) is 8.91. The van der Waals surface area contributed by atoms with Crippen molar-refractivity contribution >= 4 is 0 Å². The highest BCUT2D eigenvalue weighted by atomic mass is 16.5. The first-order chi connectivity index (χ1) is 12.3. The van der Waals surface area contributed by atoms with Gasteiger partial charge >= 0.3 is 0 Å². The summed E-state index contributed by atoms with van der Waals surface area (Å²) in [5.74, 6) is 0.322. The van der Waals surface area contributed by atoms with Gasteiger partial charge in [0, 0.05) is 6.61 Å². The van der Waals surface area contributed by atoms with Gasteiger partial charge in [0.15, 0.2) is 0 Å². The average Bonchev–Trinajstić information content (AvgIpc) is 2.67. The number of hydrogen-bond acceptors (Lipinski definition) is 2. The maximum atomic E-state index is 8.63. The van der Waals surface area contributed by atoms with Gasteiger partial charge in [-0.25, -0.2) is 0 Å². The molecule has 0 bridgehead atoms. The second kappa shape index (κ2) is 11.9. The largest absolute Gasteiger partial charge is 0.508 e. The minimum atomic E-state index is 0.322. The van der Waals surface area contributed by atoms with Crippen molar-refractivity contribution in [3.05, 3.63) is 102 Å². The highest BCUT2D eigenvalue weighted by Crippen LogP contribution is 2.06. The van der Waals surface area contributed by atoms with Gasteiger partial charge in [-0.3, -0.25) is 0 Å². The van der Waals surface area contributed by atoms with E-state index in [1.807, 2.05) is 24.3 Å². The van der Waals surface area contributed by atoms with Gasteiger partial charge in [-0.2, -0.15) is 0 Å². The van der Waals surface area contributed by atoms with Gasteiger partial charge in [-0.05, 0) is 42.5 Å². The lowest BCUT2D eigenvalue weighted by atomic mass is 10.1. The molecule has 3 aromatic rings. The quantitative estimate of drug-likeness (QED) is 0.568. The Labute approximate surface area is 150 Å². The smallest absolute Gasteiger partial charge is 0.115 e. The molecule has 2 nitrogen and oxygen atoms in total. The Morgan fingerprint density at radius 3 is 1.64 bits per heavy atom. The van der Waals surface area contributed by atoms with Gasteiger partial charge < -0.3 is 9.84 Å². The summed E-state index contributed by atoms with van der Waals surface area (Å²) in [4.78, 5) is 0. The Morgan fingerprint density at radius 2 is 1.12 bits per heavy atom. The summed E-state index contributed by atoms with van der Waals surface area (Å²) in [6.07, 6.45) is 3.47. The van der Waals surface area contributed by atoms with Crippen LogP contribution in [0.5, 0.6) is 5.75 Å². The predicted octanol–water partition coefficient (Wildman–Crippen LogP) is 5.62. The van der Waals surface area contributed by atoms with Crippen LogP contribution in [0.3, 0.4) is 0 Å². The molecular weight excluding hydrogens is 308 g/mol. The zero-order chi connectivity index (χ0) is 17.6. The van der Waals surface area contributed by atoms with Crippen LogP contribution in [0.4, 0.5) is 0 Å². The van der Waals surface area contributed by atoms with E-state index < -0.39 is 0 Å². The van der Waals surface area contributed by atoms with Gasteiger partial charge in [0.05, 0.1) is 6.61 Å². The summed E-state index contributed by atoms with van der Waals surface area (Å²) >= 11 is 0. The van der Waals surface area contributed by atoms with Gasteiger partial charge in [0.2, 0.25) is 0 Å². The number of hydrogen-bond donors (Lipinski definition) is 1. The minimum Gasteiger partial charge on any atom is -0.508 e. The number of phenolic OH excluding ortho intramolecular Hbond substituents is 1. The van der Waals surface area contributed by atoms with Crippen molar-refractivity contribution in [1.82, 2.24) is 0 Å². The second-order valence-corrected chi connectivity index (χ2v) is 5.82.